The fourth-order valence-corrected chi connectivity index (χ4v) is 2.94. The summed E-state index contributed by atoms with van der Waals surface area (Å²) in [4.78, 5) is 36.9. The molecule has 0 aliphatic heterocycles. The van der Waals surface area contributed by atoms with Crippen LogP contribution < -0.4 is 10.6 Å². The Morgan fingerprint density at radius 1 is 0.923 bits per heavy atom. The van der Waals surface area contributed by atoms with E-state index in [-0.39, 0.29) is 17.6 Å². The molecule has 0 bridgehead atoms. The van der Waals surface area contributed by atoms with Crippen LogP contribution in [0.15, 0.2) is 42.5 Å². The topological polar surface area (TPSA) is 75.3 Å². The highest BCUT2D eigenvalue weighted by Gasteiger charge is 2.56. The van der Waals surface area contributed by atoms with Gasteiger partial charge in [-0.25, -0.2) is 0 Å². The van der Waals surface area contributed by atoms with Gasteiger partial charge in [0, 0.05) is 16.9 Å². The molecule has 1 aliphatic rings. The first-order valence-electron chi connectivity index (χ1n) is 8.63. The van der Waals surface area contributed by atoms with Crippen molar-refractivity contribution < 1.29 is 14.4 Å². The molecule has 1 fully saturated rings. The first-order valence-corrected chi connectivity index (χ1v) is 8.63. The van der Waals surface area contributed by atoms with E-state index in [1.807, 2.05) is 32.0 Å². The van der Waals surface area contributed by atoms with E-state index < -0.39 is 5.41 Å². The number of Topliss-reactive ketones (excluding diaryl/α,β-unsaturated/α-hetero) is 1. The van der Waals surface area contributed by atoms with Crippen LogP contribution >= 0.6 is 0 Å². The van der Waals surface area contributed by atoms with Gasteiger partial charge in [0.05, 0.1) is 0 Å². The molecule has 0 atom stereocenters. The number of carbonyl (C=O) groups is 3. The normalized spacial score (nSPS) is 14.4. The summed E-state index contributed by atoms with van der Waals surface area (Å²) in [7, 11) is 0. The van der Waals surface area contributed by atoms with Crippen LogP contribution in [0.1, 0.15) is 41.3 Å². The molecule has 0 spiro atoms. The average molecular weight is 350 g/mol. The lowest BCUT2D eigenvalue weighted by Gasteiger charge is -2.17. The summed E-state index contributed by atoms with van der Waals surface area (Å²) in [5, 5.41) is 5.66. The Hall–Kier alpha value is -2.95. The lowest BCUT2D eigenvalue weighted by molar-refractivity contribution is -0.131. The highest BCUT2D eigenvalue weighted by atomic mass is 16.2. The first-order chi connectivity index (χ1) is 12.3. The molecule has 2 aromatic carbocycles. The van der Waals surface area contributed by atoms with Crippen LogP contribution in [-0.4, -0.2) is 17.6 Å². The third-order valence-electron chi connectivity index (χ3n) is 4.78. The molecular formula is C21H22N2O3. The smallest absolute Gasteiger partial charge is 0.240 e. The molecule has 5 heteroatoms. The summed E-state index contributed by atoms with van der Waals surface area (Å²) in [6.07, 6.45) is 1.03. The molecule has 5 nitrogen and oxygen atoms in total. The van der Waals surface area contributed by atoms with Crippen molar-refractivity contribution in [2.45, 2.75) is 33.6 Å². The van der Waals surface area contributed by atoms with Crippen LogP contribution in [0.5, 0.6) is 0 Å². The Kier molecular flexibility index (Phi) is 4.64. The number of rotatable bonds is 5. The van der Waals surface area contributed by atoms with E-state index in [2.05, 4.69) is 10.6 Å². The Morgan fingerprint density at radius 2 is 1.62 bits per heavy atom. The van der Waals surface area contributed by atoms with Crippen molar-refractivity contribution in [3.05, 3.63) is 59.2 Å². The second kappa shape index (κ2) is 6.75. The predicted molar refractivity (Wildman–Crippen MR) is 101 cm³/mol. The van der Waals surface area contributed by atoms with Gasteiger partial charge in [0.25, 0.3) is 0 Å². The van der Waals surface area contributed by atoms with Gasteiger partial charge >= 0.3 is 0 Å². The number of benzene rings is 2. The van der Waals surface area contributed by atoms with Crippen molar-refractivity contribution in [2.75, 3.05) is 10.6 Å². The predicted octanol–water partition coefficient (Wildman–Crippen LogP) is 3.86. The quantitative estimate of drug-likeness (QED) is 0.635. The van der Waals surface area contributed by atoms with E-state index in [0.717, 1.165) is 16.8 Å². The SMILES string of the molecule is CC(=O)c1cccc(NC(=O)C2(C(=O)Nc3ccc(C)cc3C)CC2)c1. The van der Waals surface area contributed by atoms with Gasteiger partial charge in [-0.3, -0.25) is 14.4 Å². The summed E-state index contributed by atoms with van der Waals surface area (Å²) in [6.45, 7) is 5.39. The molecule has 2 aromatic rings. The summed E-state index contributed by atoms with van der Waals surface area (Å²) in [6, 6.07) is 12.5. The van der Waals surface area contributed by atoms with Crippen molar-refractivity contribution in [1.82, 2.24) is 0 Å². The molecule has 0 radical (unpaired) electrons. The maximum atomic E-state index is 12.7. The highest BCUT2D eigenvalue weighted by molar-refractivity contribution is 6.17. The van der Waals surface area contributed by atoms with Gasteiger partial charge in [-0.1, -0.05) is 29.8 Å². The highest BCUT2D eigenvalue weighted by Crippen LogP contribution is 2.47. The first kappa shape index (κ1) is 17.9. The Balaban J connectivity index is 1.73. The van der Waals surface area contributed by atoms with Crippen LogP contribution in [0.3, 0.4) is 0 Å². The van der Waals surface area contributed by atoms with E-state index in [0.29, 0.717) is 24.1 Å². The number of hydrogen-bond acceptors (Lipinski definition) is 3. The molecule has 0 heterocycles. The Labute approximate surface area is 152 Å². The molecule has 0 unspecified atom stereocenters. The fraction of sp³-hybridized carbons (Fsp3) is 0.286. The lowest BCUT2D eigenvalue weighted by atomic mass is 10.0. The van der Waals surface area contributed by atoms with Crippen molar-refractivity contribution in [1.29, 1.82) is 0 Å². The van der Waals surface area contributed by atoms with E-state index in [1.165, 1.54) is 6.92 Å². The van der Waals surface area contributed by atoms with E-state index in [1.54, 1.807) is 24.3 Å². The van der Waals surface area contributed by atoms with Gasteiger partial charge in [0.2, 0.25) is 11.8 Å². The fourth-order valence-electron chi connectivity index (χ4n) is 2.94. The molecule has 134 valence electrons. The van der Waals surface area contributed by atoms with Crippen molar-refractivity contribution in [3.8, 4) is 0 Å². The molecule has 26 heavy (non-hydrogen) atoms. The standard InChI is InChI=1S/C21H22N2O3/c1-13-7-8-18(14(2)11-13)23-20(26)21(9-10-21)19(25)22-17-6-4-5-16(12-17)15(3)24/h4-8,11-12H,9-10H2,1-3H3,(H,22,25)(H,23,26). The third-order valence-corrected chi connectivity index (χ3v) is 4.78. The Morgan fingerprint density at radius 3 is 2.23 bits per heavy atom. The number of aryl methyl sites for hydroxylation is 2. The maximum absolute atomic E-state index is 12.7. The lowest BCUT2D eigenvalue weighted by Crippen LogP contribution is -2.35. The summed E-state index contributed by atoms with van der Waals surface area (Å²) < 4.78 is 0. The number of amides is 2. The molecule has 1 aliphatic carbocycles. The molecule has 2 N–H and O–H groups in total. The zero-order chi connectivity index (χ0) is 18.9. The minimum Gasteiger partial charge on any atom is -0.325 e. The molecule has 0 aromatic heterocycles. The van der Waals surface area contributed by atoms with E-state index >= 15 is 0 Å². The zero-order valence-electron chi connectivity index (χ0n) is 15.2. The summed E-state index contributed by atoms with van der Waals surface area (Å²) in [5.41, 5.74) is 2.80. The van der Waals surface area contributed by atoms with Crippen molar-refractivity contribution in [3.63, 3.8) is 0 Å². The van der Waals surface area contributed by atoms with E-state index in [4.69, 9.17) is 0 Å². The second-order valence-corrected chi connectivity index (χ2v) is 6.95. The largest absolute Gasteiger partial charge is 0.325 e. The Bertz CT molecular complexity index is 898. The molecule has 0 saturated heterocycles. The van der Waals surface area contributed by atoms with Gasteiger partial charge in [-0.2, -0.15) is 0 Å². The van der Waals surface area contributed by atoms with Crippen molar-refractivity contribution >= 4 is 29.0 Å². The third kappa shape index (κ3) is 3.52. The average Bonchev–Trinajstić information content (AvgIpc) is 3.39. The number of anilines is 2. The van der Waals surface area contributed by atoms with Crippen molar-refractivity contribution in [2.24, 2.45) is 5.41 Å². The van der Waals surface area contributed by atoms with Gasteiger partial charge in [0.1, 0.15) is 5.41 Å². The number of hydrogen-bond donors (Lipinski definition) is 2. The van der Waals surface area contributed by atoms with Crippen LogP contribution in [-0.2, 0) is 9.59 Å². The minimum absolute atomic E-state index is 0.0742. The molecular weight excluding hydrogens is 328 g/mol. The molecule has 2 amide bonds. The van der Waals surface area contributed by atoms with Gasteiger partial charge in [-0.05, 0) is 57.4 Å². The molecule has 3 rings (SSSR count). The second-order valence-electron chi connectivity index (χ2n) is 6.95. The summed E-state index contributed by atoms with van der Waals surface area (Å²) in [5.74, 6) is -0.694. The number of nitrogens with one attached hydrogen (secondary N) is 2. The monoisotopic (exact) mass is 350 g/mol. The molecule has 1 saturated carbocycles. The van der Waals surface area contributed by atoms with Gasteiger partial charge < -0.3 is 10.6 Å². The number of ketones is 1. The van der Waals surface area contributed by atoms with Crippen LogP contribution in [0.4, 0.5) is 11.4 Å². The van der Waals surface area contributed by atoms with Gasteiger partial charge in [-0.15, -0.1) is 0 Å². The maximum Gasteiger partial charge on any atom is 0.240 e. The van der Waals surface area contributed by atoms with Crippen LogP contribution in [0.2, 0.25) is 0 Å². The number of carbonyl (C=O) groups excluding carboxylic acids is 3. The minimum atomic E-state index is -1.04. The van der Waals surface area contributed by atoms with Gasteiger partial charge in [0.15, 0.2) is 5.78 Å². The zero-order valence-corrected chi connectivity index (χ0v) is 15.2. The van der Waals surface area contributed by atoms with E-state index in [9.17, 15) is 14.4 Å². The van der Waals surface area contributed by atoms with Crippen LogP contribution in [0.25, 0.3) is 0 Å². The summed E-state index contributed by atoms with van der Waals surface area (Å²) >= 11 is 0. The van der Waals surface area contributed by atoms with Crippen LogP contribution in [0, 0.1) is 19.3 Å².